The van der Waals surface area contributed by atoms with Crippen LogP contribution in [0.4, 0.5) is 5.69 Å². The van der Waals surface area contributed by atoms with Crippen molar-refractivity contribution in [2.24, 2.45) is 0 Å². The Bertz CT molecular complexity index is 1130. The first-order chi connectivity index (χ1) is 14.4. The highest BCUT2D eigenvalue weighted by atomic mass is 32.2. The Labute approximate surface area is 181 Å². The molecule has 0 radical (unpaired) electrons. The van der Waals surface area contributed by atoms with Gasteiger partial charge in [0.25, 0.3) is 0 Å². The lowest BCUT2D eigenvalue weighted by molar-refractivity contribution is -0.116. The van der Waals surface area contributed by atoms with Crippen LogP contribution in [0.5, 0.6) is 0 Å². The lowest BCUT2D eigenvalue weighted by Gasteiger charge is -2.26. The third-order valence-electron chi connectivity index (χ3n) is 5.31. The number of carbonyl (C=O) groups is 1. The highest BCUT2D eigenvalue weighted by Crippen LogP contribution is 2.26. The van der Waals surface area contributed by atoms with E-state index in [4.69, 9.17) is 0 Å². The number of hydrogen-bond donors (Lipinski definition) is 1. The van der Waals surface area contributed by atoms with Crippen LogP contribution in [0.2, 0.25) is 0 Å². The average Bonchev–Trinajstić information content (AvgIpc) is 3.17. The minimum Gasteiger partial charge on any atom is -0.326 e. The molecule has 30 heavy (non-hydrogen) atoms. The van der Waals surface area contributed by atoms with Crippen molar-refractivity contribution in [1.82, 2.24) is 9.29 Å². The van der Waals surface area contributed by atoms with Crippen LogP contribution < -0.4 is 5.32 Å². The minimum absolute atomic E-state index is 0.153. The molecule has 1 aliphatic rings. The fourth-order valence-corrected chi connectivity index (χ4v) is 6.41. The number of para-hydroxylation sites is 1. The molecule has 158 valence electrons. The van der Waals surface area contributed by atoms with Crippen LogP contribution in [0.15, 0.2) is 47.4 Å². The summed E-state index contributed by atoms with van der Waals surface area (Å²) >= 11 is 1.59. The van der Waals surface area contributed by atoms with Crippen LogP contribution in [0.25, 0.3) is 10.2 Å². The molecule has 0 bridgehead atoms. The topological polar surface area (TPSA) is 79.4 Å². The van der Waals surface area contributed by atoms with E-state index in [-0.39, 0.29) is 10.8 Å². The Morgan fingerprint density at radius 2 is 1.90 bits per heavy atom. The van der Waals surface area contributed by atoms with Gasteiger partial charge in [0, 0.05) is 31.6 Å². The maximum Gasteiger partial charge on any atom is 0.243 e. The summed E-state index contributed by atoms with van der Waals surface area (Å²) in [5.74, 6) is -0.153. The number of carbonyl (C=O) groups excluding carboxylic acids is 1. The molecule has 1 aromatic heterocycles. The molecule has 1 saturated heterocycles. The number of sulfonamides is 1. The number of amides is 1. The van der Waals surface area contributed by atoms with Crippen molar-refractivity contribution in [1.29, 1.82) is 0 Å². The number of anilines is 1. The first-order valence-electron chi connectivity index (χ1n) is 10.2. The number of fused-ring (bicyclic) bond motifs is 1. The molecular weight excluding hydrogens is 418 g/mol. The smallest absolute Gasteiger partial charge is 0.243 e. The molecule has 1 aliphatic heterocycles. The number of benzene rings is 2. The zero-order chi connectivity index (χ0) is 21.1. The first kappa shape index (κ1) is 21.0. The summed E-state index contributed by atoms with van der Waals surface area (Å²) < 4.78 is 28.8. The molecule has 4 rings (SSSR count). The van der Waals surface area contributed by atoms with Crippen molar-refractivity contribution in [2.75, 3.05) is 18.4 Å². The lowest BCUT2D eigenvalue weighted by atomic mass is 10.2. The molecule has 8 heteroatoms. The van der Waals surface area contributed by atoms with E-state index in [2.05, 4.69) is 10.3 Å². The van der Waals surface area contributed by atoms with Crippen LogP contribution in [-0.4, -0.2) is 36.7 Å². The Morgan fingerprint density at radius 3 is 2.67 bits per heavy atom. The lowest BCUT2D eigenvalue weighted by Crippen LogP contribution is -2.36. The van der Waals surface area contributed by atoms with Crippen LogP contribution >= 0.6 is 11.3 Å². The molecule has 2 heterocycles. The third-order valence-corrected chi connectivity index (χ3v) is 8.45. The van der Waals surface area contributed by atoms with Gasteiger partial charge in [0.2, 0.25) is 15.9 Å². The molecule has 2 aromatic carbocycles. The Balaban J connectivity index is 1.44. The minimum atomic E-state index is -3.55. The maximum absolute atomic E-state index is 13.0. The van der Waals surface area contributed by atoms with E-state index in [1.165, 1.54) is 0 Å². The fraction of sp³-hybridized carbons (Fsp3) is 0.364. The van der Waals surface area contributed by atoms with Gasteiger partial charge in [-0.2, -0.15) is 4.31 Å². The number of hydrogen-bond acceptors (Lipinski definition) is 5. The van der Waals surface area contributed by atoms with E-state index in [0.29, 0.717) is 37.2 Å². The summed E-state index contributed by atoms with van der Waals surface area (Å²) in [6, 6.07) is 13.0. The predicted molar refractivity (Wildman–Crippen MR) is 120 cm³/mol. The molecular formula is C22H25N3O3S2. The number of nitrogens with zero attached hydrogens (tertiary/aromatic N) is 2. The number of aryl methyl sites for hydroxylation is 2. The maximum atomic E-state index is 13.0. The molecule has 1 fully saturated rings. The van der Waals surface area contributed by atoms with Gasteiger partial charge in [0.1, 0.15) is 0 Å². The standard InChI is InChI=1S/C22H25N3O3S2/c1-16-9-10-17(15-20(16)30(27,28)25-13-5-2-6-14-25)23-21(26)11-12-22-24-18-7-3-4-8-19(18)29-22/h3-4,7-10,15H,2,5-6,11-14H2,1H3,(H,23,26). The Hall–Kier alpha value is -2.29. The summed E-state index contributed by atoms with van der Waals surface area (Å²) in [5.41, 5.74) is 2.14. The summed E-state index contributed by atoms with van der Waals surface area (Å²) in [6.45, 7) is 2.90. The second-order valence-electron chi connectivity index (χ2n) is 7.57. The molecule has 1 amide bonds. The third kappa shape index (κ3) is 4.55. The van der Waals surface area contributed by atoms with Gasteiger partial charge in [-0.1, -0.05) is 24.6 Å². The molecule has 3 aromatic rings. The average molecular weight is 444 g/mol. The molecule has 0 spiro atoms. The van der Waals surface area contributed by atoms with Gasteiger partial charge in [-0.05, 0) is 49.6 Å². The molecule has 0 aliphatic carbocycles. The Morgan fingerprint density at radius 1 is 1.13 bits per heavy atom. The van der Waals surface area contributed by atoms with Gasteiger partial charge in [0.05, 0.1) is 20.1 Å². The second kappa shape index (κ2) is 8.83. The SMILES string of the molecule is Cc1ccc(NC(=O)CCc2nc3ccccc3s2)cc1S(=O)(=O)N1CCCCC1. The number of thiazole rings is 1. The van der Waals surface area contributed by atoms with Crippen molar-refractivity contribution < 1.29 is 13.2 Å². The quantitative estimate of drug-likeness (QED) is 0.614. The van der Waals surface area contributed by atoms with Gasteiger partial charge in [-0.15, -0.1) is 11.3 Å². The monoisotopic (exact) mass is 443 g/mol. The van der Waals surface area contributed by atoms with Crippen molar-refractivity contribution in [2.45, 2.75) is 43.9 Å². The van der Waals surface area contributed by atoms with Crippen molar-refractivity contribution in [3.8, 4) is 0 Å². The van der Waals surface area contributed by atoms with E-state index in [1.807, 2.05) is 24.3 Å². The summed E-state index contributed by atoms with van der Waals surface area (Å²) in [6.07, 6.45) is 3.69. The van der Waals surface area contributed by atoms with Crippen LogP contribution in [-0.2, 0) is 21.2 Å². The van der Waals surface area contributed by atoms with Gasteiger partial charge >= 0.3 is 0 Å². The van der Waals surface area contributed by atoms with E-state index >= 15 is 0 Å². The van der Waals surface area contributed by atoms with Crippen molar-refractivity contribution in [3.63, 3.8) is 0 Å². The van der Waals surface area contributed by atoms with Crippen LogP contribution in [0, 0.1) is 6.92 Å². The zero-order valence-electron chi connectivity index (χ0n) is 16.9. The summed E-state index contributed by atoms with van der Waals surface area (Å²) in [4.78, 5) is 17.3. The molecule has 1 N–H and O–H groups in total. The van der Waals surface area contributed by atoms with Crippen molar-refractivity contribution >= 4 is 43.2 Å². The number of rotatable bonds is 6. The molecule has 0 unspecified atom stereocenters. The van der Waals surface area contributed by atoms with Gasteiger partial charge in [-0.25, -0.2) is 13.4 Å². The highest BCUT2D eigenvalue weighted by molar-refractivity contribution is 7.89. The summed E-state index contributed by atoms with van der Waals surface area (Å²) in [7, 11) is -3.55. The van der Waals surface area contributed by atoms with Crippen molar-refractivity contribution in [3.05, 3.63) is 53.0 Å². The largest absolute Gasteiger partial charge is 0.326 e. The number of nitrogens with one attached hydrogen (secondary N) is 1. The summed E-state index contributed by atoms with van der Waals surface area (Å²) in [5, 5.41) is 3.76. The van der Waals surface area contributed by atoms with E-state index in [1.54, 1.807) is 40.8 Å². The number of piperidine rings is 1. The number of aromatic nitrogens is 1. The molecule has 6 nitrogen and oxygen atoms in total. The van der Waals surface area contributed by atoms with E-state index in [9.17, 15) is 13.2 Å². The molecule has 0 atom stereocenters. The van der Waals surface area contributed by atoms with E-state index in [0.717, 1.165) is 34.5 Å². The zero-order valence-corrected chi connectivity index (χ0v) is 18.6. The highest BCUT2D eigenvalue weighted by Gasteiger charge is 2.27. The van der Waals surface area contributed by atoms with Gasteiger partial charge in [0.15, 0.2) is 0 Å². The van der Waals surface area contributed by atoms with Crippen LogP contribution in [0.3, 0.4) is 0 Å². The fourth-order valence-electron chi connectivity index (χ4n) is 3.67. The van der Waals surface area contributed by atoms with Gasteiger partial charge in [-0.3, -0.25) is 4.79 Å². The first-order valence-corrected chi connectivity index (χ1v) is 12.4. The second-order valence-corrected chi connectivity index (χ2v) is 10.6. The Kier molecular flexibility index (Phi) is 6.17. The van der Waals surface area contributed by atoms with E-state index < -0.39 is 10.0 Å². The van der Waals surface area contributed by atoms with Crippen LogP contribution in [0.1, 0.15) is 36.3 Å². The normalized spacial score (nSPS) is 15.4. The van der Waals surface area contributed by atoms with Gasteiger partial charge < -0.3 is 5.32 Å². The predicted octanol–water partition coefficient (Wildman–Crippen LogP) is 4.35. The molecule has 0 saturated carbocycles.